The van der Waals surface area contributed by atoms with Crippen LogP contribution in [0.1, 0.15) is 12.1 Å². The van der Waals surface area contributed by atoms with Crippen molar-refractivity contribution in [1.82, 2.24) is 4.98 Å². The van der Waals surface area contributed by atoms with E-state index in [1.807, 2.05) is 23.9 Å². The van der Waals surface area contributed by atoms with Crippen molar-refractivity contribution in [3.63, 3.8) is 0 Å². The first kappa shape index (κ1) is 10.1. The summed E-state index contributed by atoms with van der Waals surface area (Å²) in [4.78, 5) is 4.15. The molecule has 4 nitrogen and oxygen atoms in total. The fraction of sp³-hybridized carbons (Fsp3) is 0.400. The predicted octanol–water partition coefficient (Wildman–Crippen LogP) is 1.45. The lowest BCUT2D eigenvalue weighted by Gasteiger charge is -2.12. The zero-order valence-electron chi connectivity index (χ0n) is 8.23. The van der Waals surface area contributed by atoms with E-state index in [4.69, 9.17) is 11.0 Å². The van der Waals surface area contributed by atoms with E-state index >= 15 is 0 Å². The third-order valence-electron chi connectivity index (χ3n) is 2.31. The third-order valence-corrected chi connectivity index (χ3v) is 3.48. The molecule has 0 bridgehead atoms. The van der Waals surface area contributed by atoms with E-state index in [1.165, 1.54) is 5.75 Å². The molecule has 2 rings (SSSR count). The molecule has 1 fully saturated rings. The molecule has 0 aromatic carbocycles. The molecule has 0 saturated carbocycles. The molecule has 2 heterocycles. The Labute approximate surface area is 92.9 Å². The highest BCUT2D eigenvalue weighted by molar-refractivity contribution is 7.99. The van der Waals surface area contributed by atoms with Crippen LogP contribution in [0.4, 0.5) is 11.5 Å². The van der Waals surface area contributed by atoms with Crippen LogP contribution >= 0.6 is 11.8 Å². The number of hydrogen-bond acceptors (Lipinski definition) is 5. The minimum absolute atomic E-state index is 0.297. The van der Waals surface area contributed by atoms with E-state index in [2.05, 4.69) is 10.3 Å². The topological polar surface area (TPSA) is 74.7 Å². The molecule has 0 aliphatic carbocycles. The molecule has 0 spiro atoms. The number of nitriles is 1. The Morgan fingerprint density at radius 2 is 2.47 bits per heavy atom. The monoisotopic (exact) mass is 220 g/mol. The molecule has 1 atom stereocenters. The van der Waals surface area contributed by atoms with Gasteiger partial charge in [0.15, 0.2) is 5.69 Å². The van der Waals surface area contributed by atoms with Gasteiger partial charge < -0.3 is 11.1 Å². The number of pyridine rings is 1. The van der Waals surface area contributed by atoms with Crippen LogP contribution in [0.2, 0.25) is 0 Å². The van der Waals surface area contributed by atoms with Gasteiger partial charge in [-0.2, -0.15) is 17.0 Å². The maximum Gasteiger partial charge on any atom is 0.165 e. The minimum Gasteiger partial charge on any atom is -0.396 e. The number of nitrogens with one attached hydrogen (secondary N) is 1. The fourth-order valence-electron chi connectivity index (χ4n) is 1.50. The van der Waals surface area contributed by atoms with Crippen LogP contribution in [-0.2, 0) is 0 Å². The van der Waals surface area contributed by atoms with Gasteiger partial charge in [-0.05, 0) is 24.3 Å². The molecule has 1 aromatic rings. The maximum atomic E-state index is 8.78. The van der Waals surface area contributed by atoms with Crippen molar-refractivity contribution in [2.75, 3.05) is 22.6 Å². The lowest BCUT2D eigenvalue weighted by molar-refractivity contribution is 0.806. The Balaban J connectivity index is 2.11. The number of nitrogen functional groups attached to an aromatic ring is 1. The molecule has 15 heavy (non-hydrogen) atoms. The van der Waals surface area contributed by atoms with Gasteiger partial charge in [0, 0.05) is 11.8 Å². The first-order valence-corrected chi connectivity index (χ1v) is 5.96. The smallest absolute Gasteiger partial charge is 0.165 e. The number of rotatable bonds is 2. The van der Waals surface area contributed by atoms with Crippen molar-refractivity contribution in [2.45, 2.75) is 12.5 Å². The molecule has 0 amide bonds. The number of nitrogens with two attached hydrogens (primary N) is 1. The molecule has 1 saturated heterocycles. The van der Waals surface area contributed by atoms with E-state index in [0.717, 1.165) is 18.0 Å². The molecular weight excluding hydrogens is 208 g/mol. The Morgan fingerprint density at radius 1 is 1.60 bits per heavy atom. The number of anilines is 2. The standard InChI is InChI=1S/C10H12N4S/c11-5-9-8(12)1-2-10(14-9)13-7-3-4-15-6-7/h1-2,7H,3-4,6,12H2,(H,13,14). The average Bonchev–Trinajstić information content (AvgIpc) is 2.73. The summed E-state index contributed by atoms with van der Waals surface area (Å²) in [6.07, 6.45) is 1.15. The second kappa shape index (κ2) is 4.41. The van der Waals surface area contributed by atoms with Crippen LogP contribution in [0.15, 0.2) is 12.1 Å². The Kier molecular flexibility index (Phi) is 2.97. The Bertz CT molecular complexity index is 393. The van der Waals surface area contributed by atoms with Crippen LogP contribution < -0.4 is 11.1 Å². The maximum absolute atomic E-state index is 8.78. The van der Waals surface area contributed by atoms with E-state index in [9.17, 15) is 0 Å². The fourth-order valence-corrected chi connectivity index (χ4v) is 2.65. The number of nitrogens with zero attached hydrogens (tertiary/aromatic N) is 2. The summed E-state index contributed by atoms with van der Waals surface area (Å²) in [5.41, 5.74) is 6.32. The van der Waals surface area contributed by atoms with Crippen molar-refractivity contribution in [2.24, 2.45) is 0 Å². The largest absolute Gasteiger partial charge is 0.396 e. The van der Waals surface area contributed by atoms with Gasteiger partial charge in [0.1, 0.15) is 11.9 Å². The van der Waals surface area contributed by atoms with Gasteiger partial charge in [0.05, 0.1) is 5.69 Å². The van der Waals surface area contributed by atoms with E-state index < -0.39 is 0 Å². The Morgan fingerprint density at radius 3 is 3.13 bits per heavy atom. The van der Waals surface area contributed by atoms with Gasteiger partial charge >= 0.3 is 0 Å². The van der Waals surface area contributed by atoms with Crippen molar-refractivity contribution in [1.29, 1.82) is 5.26 Å². The van der Waals surface area contributed by atoms with E-state index in [-0.39, 0.29) is 0 Å². The van der Waals surface area contributed by atoms with Gasteiger partial charge in [-0.3, -0.25) is 0 Å². The zero-order valence-corrected chi connectivity index (χ0v) is 9.05. The highest BCUT2D eigenvalue weighted by Gasteiger charge is 2.15. The van der Waals surface area contributed by atoms with Crippen molar-refractivity contribution in [3.8, 4) is 6.07 Å². The summed E-state index contributed by atoms with van der Waals surface area (Å²) < 4.78 is 0. The van der Waals surface area contributed by atoms with Gasteiger partial charge in [0.25, 0.3) is 0 Å². The van der Waals surface area contributed by atoms with Gasteiger partial charge in [-0.25, -0.2) is 4.98 Å². The van der Waals surface area contributed by atoms with Crippen LogP contribution in [0.5, 0.6) is 0 Å². The minimum atomic E-state index is 0.297. The summed E-state index contributed by atoms with van der Waals surface area (Å²) in [6.45, 7) is 0. The lowest BCUT2D eigenvalue weighted by atomic mass is 10.2. The van der Waals surface area contributed by atoms with Gasteiger partial charge in [-0.1, -0.05) is 0 Å². The van der Waals surface area contributed by atoms with Crippen LogP contribution in [0.3, 0.4) is 0 Å². The Hall–Kier alpha value is -1.41. The molecular formula is C10H12N4S. The van der Waals surface area contributed by atoms with Gasteiger partial charge in [0.2, 0.25) is 0 Å². The normalized spacial score (nSPS) is 19.8. The summed E-state index contributed by atoms with van der Waals surface area (Å²) in [5, 5.41) is 12.1. The van der Waals surface area contributed by atoms with E-state index in [0.29, 0.717) is 17.4 Å². The molecule has 1 aromatic heterocycles. The number of thioether (sulfide) groups is 1. The second-order valence-corrected chi connectivity index (χ2v) is 4.60. The zero-order chi connectivity index (χ0) is 10.7. The molecule has 78 valence electrons. The van der Waals surface area contributed by atoms with Crippen molar-refractivity contribution in [3.05, 3.63) is 17.8 Å². The first-order valence-electron chi connectivity index (χ1n) is 4.80. The molecule has 3 N–H and O–H groups in total. The average molecular weight is 220 g/mol. The highest BCUT2D eigenvalue weighted by atomic mass is 32.2. The first-order chi connectivity index (χ1) is 7.29. The molecule has 1 aliphatic heterocycles. The van der Waals surface area contributed by atoms with Crippen LogP contribution in [-0.4, -0.2) is 22.5 Å². The quantitative estimate of drug-likeness (QED) is 0.789. The van der Waals surface area contributed by atoms with Crippen molar-refractivity contribution >= 4 is 23.3 Å². The molecule has 5 heteroatoms. The predicted molar refractivity (Wildman–Crippen MR) is 62.7 cm³/mol. The summed E-state index contributed by atoms with van der Waals surface area (Å²) in [6, 6.07) is 5.99. The lowest BCUT2D eigenvalue weighted by Crippen LogP contribution is -2.19. The third kappa shape index (κ3) is 2.34. The second-order valence-electron chi connectivity index (χ2n) is 3.45. The highest BCUT2D eigenvalue weighted by Crippen LogP contribution is 2.21. The SMILES string of the molecule is N#Cc1nc(NC2CCSC2)ccc1N. The van der Waals surface area contributed by atoms with E-state index in [1.54, 1.807) is 6.07 Å². The number of aromatic nitrogens is 1. The van der Waals surface area contributed by atoms with Crippen molar-refractivity contribution < 1.29 is 0 Å². The molecule has 1 aliphatic rings. The summed E-state index contributed by atoms with van der Waals surface area (Å²) in [7, 11) is 0. The van der Waals surface area contributed by atoms with Crippen LogP contribution in [0.25, 0.3) is 0 Å². The molecule has 0 radical (unpaired) electrons. The van der Waals surface area contributed by atoms with Gasteiger partial charge in [-0.15, -0.1) is 0 Å². The van der Waals surface area contributed by atoms with Crippen LogP contribution in [0, 0.1) is 11.3 Å². The summed E-state index contributed by atoms with van der Waals surface area (Å²) >= 11 is 1.93. The molecule has 1 unspecified atom stereocenters. The summed E-state index contributed by atoms with van der Waals surface area (Å²) in [5.74, 6) is 3.04. The number of hydrogen-bond donors (Lipinski definition) is 2.